The van der Waals surface area contributed by atoms with Crippen LogP contribution in [0.3, 0.4) is 0 Å². The average molecular weight is 421 g/mol. The summed E-state index contributed by atoms with van der Waals surface area (Å²) in [5.74, 6) is 1.08. The summed E-state index contributed by atoms with van der Waals surface area (Å²) < 4.78 is 23.7. The van der Waals surface area contributed by atoms with Gasteiger partial charge in [-0.15, -0.1) is 0 Å². The quantitative estimate of drug-likeness (QED) is 0.428. The first-order valence-electron chi connectivity index (χ1n) is 9.98. The van der Waals surface area contributed by atoms with Crippen LogP contribution in [0.2, 0.25) is 0 Å². The lowest BCUT2D eigenvalue weighted by molar-refractivity contribution is -0.144. The van der Waals surface area contributed by atoms with Crippen molar-refractivity contribution in [3.05, 3.63) is 71.5 Å². The highest BCUT2D eigenvalue weighted by Gasteiger charge is 2.20. The molecule has 4 rings (SSSR count). The van der Waals surface area contributed by atoms with E-state index in [1.54, 1.807) is 18.2 Å². The Balaban J connectivity index is 1.42. The summed E-state index contributed by atoms with van der Waals surface area (Å²) in [6.45, 7) is 4.21. The average Bonchev–Trinajstić information content (AvgIpc) is 3.10. The molecular formula is C24H23NO6. The van der Waals surface area contributed by atoms with Crippen molar-refractivity contribution in [3.8, 4) is 22.9 Å². The molecule has 0 spiro atoms. The third-order valence-corrected chi connectivity index (χ3v) is 4.98. The zero-order valence-electron chi connectivity index (χ0n) is 17.4. The lowest BCUT2D eigenvalue weighted by Crippen LogP contribution is -2.19. The van der Waals surface area contributed by atoms with Crippen molar-refractivity contribution in [2.75, 3.05) is 26.4 Å². The molecule has 7 nitrogen and oxygen atoms in total. The molecule has 3 aromatic rings. The number of hydrogen-bond acceptors (Lipinski definition) is 6. The Morgan fingerprint density at radius 3 is 2.45 bits per heavy atom. The molecule has 160 valence electrons. The van der Waals surface area contributed by atoms with Crippen LogP contribution < -0.4 is 14.2 Å². The maximum atomic E-state index is 12.7. The molecule has 2 aromatic carbocycles. The van der Waals surface area contributed by atoms with Gasteiger partial charge >= 0.3 is 5.97 Å². The number of aryl methyl sites for hydroxylation is 1. The van der Waals surface area contributed by atoms with Gasteiger partial charge < -0.3 is 23.5 Å². The number of esters is 1. The zero-order chi connectivity index (χ0) is 21.8. The number of Topliss-reactive ketones (excluding diaryl/α,β-unsaturated/α-hetero) is 1. The molecule has 31 heavy (non-hydrogen) atoms. The van der Waals surface area contributed by atoms with Gasteiger partial charge in [0.2, 0.25) is 5.78 Å². The van der Waals surface area contributed by atoms with Crippen LogP contribution in [-0.2, 0) is 9.53 Å². The first-order valence-corrected chi connectivity index (χ1v) is 9.98. The molecule has 0 N–H and O–H groups in total. The molecule has 0 bridgehead atoms. The molecule has 1 aliphatic heterocycles. The Morgan fingerprint density at radius 2 is 1.68 bits per heavy atom. The van der Waals surface area contributed by atoms with Gasteiger partial charge in [0.1, 0.15) is 19.0 Å². The summed E-state index contributed by atoms with van der Waals surface area (Å²) >= 11 is 0. The molecule has 1 aliphatic rings. The number of hydrogen-bond donors (Lipinski definition) is 0. The summed E-state index contributed by atoms with van der Waals surface area (Å²) in [6.07, 6.45) is 0. The molecular weight excluding hydrogens is 398 g/mol. The lowest BCUT2D eigenvalue weighted by atomic mass is 10.1. The van der Waals surface area contributed by atoms with Crippen molar-refractivity contribution in [1.29, 1.82) is 0 Å². The van der Waals surface area contributed by atoms with Crippen LogP contribution in [-0.4, -0.2) is 42.7 Å². The number of ketones is 1. The standard InChI is InChI=1S/C24H23NO6/c1-16-12-20(21(26)14-31-24(27)15-30-19-6-4-3-5-7-19)17(2)25(16)18-8-9-22-23(13-18)29-11-10-28-22/h3-9,12-13H,10-11,14-15H2,1-2H3. The van der Waals surface area contributed by atoms with Gasteiger partial charge in [-0.2, -0.15) is 0 Å². The topological polar surface area (TPSA) is 76.0 Å². The van der Waals surface area contributed by atoms with Gasteiger partial charge in [-0.3, -0.25) is 4.79 Å². The Kier molecular flexibility index (Phi) is 5.93. The SMILES string of the molecule is Cc1cc(C(=O)COC(=O)COc2ccccc2)c(C)n1-c1ccc2c(c1)OCCO2. The number of carbonyl (C=O) groups is 2. The molecule has 1 aromatic heterocycles. The Morgan fingerprint density at radius 1 is 0.935 bits per heavy atom. The normalized spacial score (nSPS) is 12.3. The highest BCUT2D eigenvalue weighted by Crippen LogP contribution is 2.33. The fraction of sp³-hybridized carbons (Fsp3) is 0.250. The third kappa shape index (κ3) is 4.55. The molecule has 0 radical (unpaired) electrons. The lowest BCUT2D eigenvalue weighted by Gasteiger charge is -2.20. The Hall–Kier alpha value is -3.74. The van der Waals surface area contributed by atoms with Crippen LogP contribution in [0.5, 0.6) is 17.2 Å². The van der Waals surface area contributed by atoms with E-state index in [2.05, 4.69) is 0 Å². The molecule has 0 atom stereocenters. The van der Waals surface area contributed by atoms with Gasteiger partial charge in [0.05, 0.1) is 0 Å². The van der Waals surface area contributed by atoms with Crippen LogP contribution in [0.25, 0.3) is 5.69 Å². The van der Waals surface area contributed by atoms with E-state index < -0.39 is 5.97 Å². The molecule has 0 fully saturated rings. The molecule has 2 heterocycles. The predicted molar refractivity (Wildman–Crippen MR) is 113 cm³/mol. The minimum atomic E-state index is -0.599. The minimum absolute atomic E-state index is 0.256. The number of benzene rings is 2. The largest absolute Gasteiger partial charge is 0.486 e. The number of aromatic nitrogens is 1. The number of nitrogens with zero attached hydrogens (tertiary/aromatic N) is 1. The second-order valence-electron chi connectivity index (χ2n) is 7.13. The van der Waals surface area contributed by atoms with Crippen molar-refractivity contribution in [2.24, 2.45) is 0 Å². The van der Waals surface area contributed by atoms with Crippen LogP contribution in [0, 0.1) is 13.8 Å². The number of para-hydroxylation sites is 1. The molecule has 0 amide bonds. The monoisotopic (exact) mass is 421 g/mol. The first-order chi connectivity index (χ1) is 15.0. The van der Waals surface area contributed by atoms with Crippen LogP contribution in [0.4, 0.5) is 0 Å². The fourth-order valence-corrected chi connectivity index (χ4v) is 3.54. The first kappa shape index (κ1) is 20.5. The maximum absolute atomic E-state index is 12.7. The van der Waals surface area contributed by atoms with Gasteiger partial charge in [0.25, 0.3) is 0 Å². The molecule has 0 aliphatic carbocycles. The van der Waals surface area contributed by atoms with Crippen molar-refractivity contribution < 1.29 is 28.5 Å². The van der Waals surface area contributed by atoms with Crippen LogP contribution >= 0.6 is 0 Å². The smallest absolute Gasteiger partial charge is 0.344 e. The summed E-state index contributed by atoms with van der Waals surface area (Å²) in [6, 6.07) is 16.4. The van der Waals surface area contributed by atoms with E-state index in [1.165, 1.54) is 0 Å². The van der Waals surface area contributed by atoms with Gasteiger partial charge in [-0.1, -0.05) is 18.2 Å². The van der Waals surface area contributed by atoms with Crippen molar-refractivity contribution >= 4 is 11.8 Å². The Labute approximate surface area is 180 Å². The van der Waals surface area contributed by atoms with Gasteiger partial charge in [-0.25, -0.2) is 4.79 Å². The van der Waals surface area contributed by atoms with E-state index in [9.17, 15) is 9.59 Å². The summed E-state index contributed by atoms with van der Waals surface area (Å²) in [5, 5.41) is 0. The van der Waals surface area contributed by atoms with E-state index in [1.807, 2.05) is 54.8 Å². The number of ether oxygens (including phenoxy) is 4. The third-order valence-electron chi connectivity index (χ3n) is 4.98. The van der Waals surface area contributed by atoms with Crippen LogP contribution in [0.15, 0.2) is 54.6 Å². The second kappa shape index (κ2) is 8.95. The van der Waals surface area contributed by atoms with Crippen molar-refractivity contribution in [2.45, 2.75) is 13.8 Å². The molecule has 0 saturated carbocycles. The maximum Gasteiger partial charge on any atom is 0.344 e. The van der Waals surface area contributed by atoms with E-state index in [4.69, 9.17) is 18.9 Å². The number of rotatable bonds is 7. The second-order valence-corrected chi connectivity index (χ2v) is 7.13. The fourth-order valence-electron chi connectivity index (χ4n) is 3.54. The number of fused-ring (bicyclic) bond motifs is 1. The van der Waals surface area contributed by atoms with E-state index in [0.29, 0.717) is 36.0 Å². The molecule has 0 saturated heterocycles. The predicted octanol–water partition coefficient (Wildman–Crippen LogP) is 3.67. The van der Waals surface area contributed by atoms with Gasteiger partial charge in [0.15, 0.2) is 24.7 Å². The van der Waals surface area contributed by atoms with E-state index in [0.717, 1.165) is 17.1 Å². The minimum Gasteiger partial charge on any atom is -0.486 e. The highest BCUT2D eigenvalue weighted by molar-refractivity contribution is 5.99. The van der Waals surface area contributed by atoms with Gasteiger partial charge in [-0.05, 0) is 44.2 Å². The Bertz CT molecular complexity index is 1100. The summed E-state index contributed by atoms with van der Waals surface area (Å²) in [5.41, 5.74) is 3.02. The van der Waals surface area contributed by atoms with Gasteiger partial charge in [0, 0.05) is 28.7 Å². The van der Waals surface area contributed by atoms with E-state index >= 15 is 0 Å². The molecule has 0 unspecified atom stereocenters. The zero-order valence-corrected chi connectivity index (χ0v) is 17.4. The number of carbonyl (C=O) groups excluding carboxylic acids is 2. The van der Waals surface area contributed by atoms with E-state index in [-0.39, 0.29) is 19.0 Å². The summed E-state index contributed by atoms with van der Waals surface area (Å²) in [4.78, 5) is 24.6. The highest BCUT2D eigenvalue weighted by atomic mass is 16.6. The molecule has 7 heteroatoms. The van der Waals surface area contributed by atoms with Crippen molar-refractivity contribution in [1.82, 2.24) is 4.57 Å². The van der Waals surface area contributed by atoms with Crippen molar-refractivity contribution in [3.63, 3.8) is 0 Å². The summed E-state index contributed by atoms with van der Waals surface area (Å²) in [7, 11) is 0. The van der Waals surface area contributed by atoms with Crippen LogP contribution in [0.1, 0.15) is 21.7 Å².